The lowest BCUT2D eigenvalue weighted by atomic mass is 10.1. The summed E-state index contributed by atoms with van der Waals surface area (Å²) in [4.78, 5) is 0. The Morgan fingerprint density at radius 2 is 1.79 bits per heavy atom. The highest BCUT2D eigenvalue weighted by Crippen LogP contribution is 2.04. The predicted octanol–water partition coefficient (Wildman–Crippen LogP) is 2.08. The van der Waals surface area contributed by atoms with E-state index in [4.69, 9.17) is 9.84 Å². The summed E-state index contributed by atoms with van der Waals surface area (Å²) in [5.74, 6) is 0. The summed E-state index contributed by atoms with van der Waals surface area (Å²) in [6.45, 7) is 6.07. The highest BCUT2D eigenvalue weighted by atomic mass is 16.5. The van der Waals surface area contributed by atoms with Crippen LogP contribution in [0.25, 0.3) is 0 Å². The maximum atomic E-state index is 9.69. The highest BCUT2D eigenvalue weighted by molar-refractivity contribution is 4.64. The zero-order valence-corrected chi connectivity index (χ0v) is 12.7. The van der Waals surface area contributed by atoms with E-state index < -0.39 is 6.10 Å². The van der Waals surface area contributed by atoms with Gasteiger partial charge in [-0.15, -0.1) is 0 Å². The van der Waals surface area contributed by atoms with Gasteiger partial charge in [0.1, 0.15) is 0 Å². The fraction of sp³-hybridized carbons (Fsp3) is 1.00. The normalized spacial score (nSPS) is 14.5. The Morgan fingerprint density at radius 3 is 2.47 bits per heavy atom. The second kappa shape index (κ2) is 14.3. The second-order valence-corrected chi connectivity index (χ2v) is 5.32. The zero-order valence-electron chi connectivity index (χ0n) is 12.7. The van der Waals surface area contributed by atoms with Crippen molar-refractivity contribution in [3.63, 3.8) is 0 Å². The van der Waals surface area contributed by atoms with Gasteiger partial charge in [0, 0.05) is 25.8 Å². The van der Waals surface area contributed by atoms with Gasteiger partial charge >= 0.3 is 0 Å². The smallest absolute Gasteiger partial charge is 0.0897 e. The average molecular weight is 275 g/mol. The molecular weight excluding hydrogens is 242 g/mol. The van der Waals surface area contributed by atoms with E-state index in [2.05, 4.69) is 12.2 Å². The first kappa shape index (κ1) is 18.8. The average Bonchev–Trinajstić information content (AvgIpc) is 2.40. The van der Waals surface area contributed by atoms with Crippen LogP contribution < -0.4 is 5.32 Å². The summed E-state index contributed by atoms with van der Waals surface area (Å²) in [5.41, 5.74) is 0. The van der Waals surface area contributed by atoms with Gasteiger partial charge < -0.3 is 20.3 Å². The molecule has 19 heavy (non-hydrogen) atoms. The molecule has 0 amide bonds. The summed E-state index contributed by atoms with van der Waals surface area (Å²) in [7, 11) is 0. The van der Waals surface area contributed by atoms with Crippen molar-refractivity contribution in [2.45, 2.75) is 70.9 Å². The van der Waals surface area contributed by atoms with Crippen LogP contribution in [0.4, 0.5) is 0 Å². The van der Waals surface area contributed by atoms with Gasteiger partial charge in [0.25, 0.3) is 0 Å². The van der Waals surface area contributed by atoms with Gasteiger partial charge in [0.15, 0.2) is 0 Å². The minimum atomic E-state index is -0.457. The van der Waals surface area contributed by atoms with E-state index in [0.29, 0.717) is 19.6 Å². The van der Waals surface area contributed by atoms with Crippen LogP contribution in [-0.2, 0) is 4.74 Å². The quantitative estimate of drug-likeness (QED) is 0.425. The molecule has 0 aliphatic carbocycles. The van der Waals surface area contributed by atoms with Crippen molar-refractivity contribution in [2.75, 3.05) is 26.4 Å². The van der Waals surface area contributed by atoms with Crippen LogP contribution in [0.3, 0.4) is 0 Å². The maximum absolute atomic E-state index is 9.69. The SMILES string of the molecule is CCCCCCCCOCC(O)CNC(C)CCO. The Bertz CT molecular complexity index is 179. The molecule has 0 fully saturated rings. The number of hydrogen-bond acceptors (Lipinski definition) is 4. The molecule has 2 atom stereocenters. The maximum Gasteiger partial charge on any atom is 0.0897 e. The van der Waals surface area contributed by atoms with Gasteiger partial charge in [-0.3, -0.25) is 0 Å². The number of hydrogen-bond donors (Lipinski definition) is 3. The second-order valence-electron chi connectivity index (χ2n) is 5.32. The highest BCUT2D eigenvalue weighted by Gasteiger charge is 2.06. The minimum Gasteiger partial charge on any atom is -0.396 e. The van der Waals surface area contributed by atoms with Crippen molar-refractivity contribution in [2.24, 2.45) is 0 Å². The van der Waals surface area contributed by atoms with E-state index in [1.807, 2.05) is 6.92 Å². The van der Waals surface area contributed by atoms with Crippen molar-refractivity contribution < 1.29 is 14.9 Å². The standard InChI is InChI=1S/C15H33NO3/c1-3-4-5-6-7-8-11-19-13-15(18)12-16-14(2)9-10-17/h14-18H,3-13H2,1-2H3. The third-order valence-corrected chi connectivity index (χ3v) is 3.22. The molecule has 116 valence electrons. The fourth-order valence-electron chi connectivity index (χ4n) is 1.90. The Labute approximate surface area is 118 Å². The molecular formula is C15H33NO3. The van der Waals surface area contributed by atoms with E-state index in [9.17, 15) is 5.11 Å². The summed E-state index contributed by atoms with van der Waals surface area (Å²) in [5, 5.41) is 21.6. The van der Waals surface area contributed by atoms with Gasteiger partial charge in [-0.1, -0.05) is 39.0 Å². The number of ether oxygens (including phenoxy) is 1. The van der Waals surface area contributed by atoms with E-state index in [1.54, 1.807) is 0 Å². The van der Waals surface area contributed by atoms with Gasteiger partial charge in [0.2, 0.25) is 0 Å². The molecule has 4 nitrogen and oxygen atoms in total. The molecule has 0 bridgehead atoms. The number of aliphatic hydroxyl groups excluding tert-OH is 2. The summed E-state index contributed by atoms with van der Waals surface area (Å²) in [6.07, 6.45) is 7.80. The van der Waals surface area contributed by atoms with Gasteiger partial charge in [-0.2, -0.15) is 0 Å². The third-order valence-electron chi connectivity index (χ3n) is 3.22. The number of rotatable bonds is 14. The topological polar surface area (TPSA) is 61.7 Å². The molecule has 0 radical (unpaired) electrons. The van der Waals surface area contributed by atoms with Gasteiger partial charge in [0.05, 0.1) is 12.7 Å². The third kappa shape index (κ3) is 14.1. The molecule has 4 heteroatoms. The number of aliphatic hydroxyl groups is 2. The lowest BCUT2D eigenvalue weighted by Crippen LogP contribution is -2.36. The van der Waals surface area contributed by atoms with Crippen molar-refractivity contribution in [1.29, 1.82) is 0 Å². The molecule has 0 spiro atoms. The summed E-state index contributed by atoms with van der Waals surface area (Å²) in [6, 6.07) is 0.234. The molecule has 0 aromatic heterocycles. The largest absolute Gasteiger partial charge is 0.396 e. The van der Waals surface area contributed by atoms with Crippen LogP contribution in [0.15, 0.2) is 0 Å². The molecule has 0 heterocycles. The molecule has 0 aromatic rings. The predicted molar refractivity (Wildman–Crippen MR) is 79.4 cm³/mol. The van der Waals surface area contributed by atoms with Crippen molar-refractivity contribution in [1.82, 2.24) is 5.32 Å². The molecule has 2 unspecified atom stereocenters. The van der Waals surface area contributed by atoms with Crippen LogP contribution in [0.1, 0.15) is 58.8 Å². The van der Waals surface area contributed by atoms with E-state index in [-0.39, 0.29) is 12.6 Å². The minimum absolute atomic E-state index is 0.179. The van der Waals surface area contributed by atoms with Crippen molar-refractivity contribution >= 4 is 0 Å². The van der Waals surface area contributed by atoms with Crippen LogP contribution in [0, 0.1) is 0 Å². The zero-order chi connectivity index (χ0) is 14.3. The van der Waals surface area contributed by atoms with Crippen LogP contribution in [0.5, 0.6) is 0 Å². The fourth-order valence-corrected chi connectivity index (χ4v) is 1.90. The molecule has 0 aliphatic rings. The Balaban J connectivity index is 3.22. The molecule has 0 aliphatic heterocycles. The van der Waals surface area contributed by atoms with Crippen LogP contribution in [0.2, 0.25) is 0 Å². The first-order valence-electron chi connectivity index (χ1n) is 7.80. The first-order valence-corrected chi connectivity index (χ1v) is 7.80. The molecule has 0 aromatic carbocycles. The Morgan fingerprint density at radius 1 is 1.11 bits per heavy atom. The summed E-state index contributed by atoms with van der Waals surface area (Å²) < 4.78 is 5.45. The van der Waals surface area contributed by atoms with Gasteiger partial charge in [-0.25, -0.2) is 0 Å². The lowest BCUT2D eigenvalue weighted by molar-refractivity contribution is 0.0340. The van der Waals surface area contributed by atoms with E-state index in [0.717, 1.165) is 13.0 Å². The Hall–Kier alpha value is -0.160. The Kier molecular flexibility index (Phi) is 14.1. The van der Waals surface area contributed by atoms with E-state index >= 15 is 0 Å². The van der Waals surface area contributed by atoms with Crippen molar-refractivity contribution in [3.8, 4) is 0 Å². The van der Waals surface area contributed by atoms with Crippen molar-refractivity contribution in [3.05, 3.63) is 0 Å². The van der Waals surface area contributed by atoms with Gasteiger partial charge in [-0.05, 0) is 19.8 Å². The molecule has 0 saturated carbocycles. The molecule has 0 saturated heterocycles. The molecule has 0 rings (SSSR count). The number of unbranched alkanes of at least 4 members (excludes halogenated alkanes) is 5. The van der Waals surface area contributed by atoms with E-state index in [1.165, 1.54) is 32.1 Å². The monoisotopic (exact) mass is 275 g/mol. The lowest BCUT2D eigenvalue weighted by Gasteiger charge is -2.16. The van der Waals surface area contributed by atoms with Crippen LogP contribution >= 0.6 is 0 Å². The summed E-state index contributed by atoms with van der Waals surface area (Å²) >= 11 is 0. The first-order chi connectivity index (χ1) is 9.20. The van der Waals surface area contributed by atoms with Crippen LogP contribution in [-0.4, -0.2) is 48.7 Å². The molecule has 3 N–H and O–H groups in total. The number of nitrogens with one attached hydrogen (secondary N) is 1.